The van der Waals surface area contributed by atoms with Gasteiger partial charge in [-0.2, -0.15) is 0 Å². The van der Waals surface area contributed by atoms with Crippen LogP contribution in [0.5, 0.6) is 11.5 Å². The molecule has 0 aliphatic rings. The van der Waals surface area contributed by atoms with E-state index in [0.29, 0.717) is 6.61 Å². The van der Waals surface area contributed by atoms with Gasteiger partial charge in [0.05, 0.1) is 13.7 Å². The number of unbranched alkanes of at least 4 members (excludes halogenated alkanes) is 1. The largest absolute Gasteiger partial charge is 0.493 e. The molecule has 0 spiro atoms. The number of nitrogens with one attached hydrogen (secondary N) is 1. The van der Waals surface area contributed by atoms with E-state index in [9.17, 15) is 0 Å². The van der Waals surface area contributed by atoms with E-state index in [2.05, 4.69) is 18.3 Å². The first kappa shape index (κ1) is 21.0. The number of hydrogen-bond donors (Lipinski definition) is 1. The third-order valence-electron chi connectivity index (χ3n) is 3.14. The van der Waals surface area contributed by atoms with E-state index in [1.807, 2.05) is 19.1 Å². The summed E-state index contributed by atoms with van der Waals surface area (Å²) in [5, 5.41) is 3.42. The molecule has 0 fully saturated rings. The quantitative estimate of drug-likeness (QED) is 0.591. The zero-order valence-electron chi connectivity index (χ0n) is 14.0. The lowest BCUT2D eigenvalue weighted by Gasteiger charge is -2.11. The minimum atomic E-state index is 0. The average Bonchev–Trinajstić information content (AvgIpc) is 2.51. The molecule has 1 aromatic rings. The van der Waals surface area contributed by atoms with Crippen molar-refractivity contribution in [1.82, 2.24) is 5.32 Å². The lowest BCUT2D eigenvalue weighted by molar-refractivity contribution is 0.129. The molecule has 0 aromatic heterocycles. The minimum absolute atomic E-state index is 0. The van der Waals surface area contributed by atoms with E-state index < -0.39 is 0 Å². The summed E-state index contributed by atoms with van der Waals surface area (Å²) in [6, 6.07) is 6.06. The fourth-order valence-electron chi connectivity index (χ4n) is 1.98. The van der Waals surface area contributed by atoms with E-state index in [1.54, 1.807) is 7.11 Å². The van der Waals surface area contributed by atoms with Crippen LogP contribution >= 0.6 is 12.4 Å². The van der Waals surface area contributed by atoms with Gasteiger partial charge in [-0.1, -0.05) is 19.4 Å². The first-order valence-corrected chi connectivity index (χ1v) is 7.90. The molecule has 4 nitrogen and oxygen atoms in total. The second-order valence-corrected chi connectivity index (χ2v) is 4.91. The van der Waals surface area contributed by atoms with Gasteiger partial charge in [0.25, 0.3) is 0 Å². The van der Waals surface area contributed by atoms with Gasteiger partial charge < -0.3 is 19.5 Å². The van der Waals surface area contributed by atoms with Crippen LogP contribution in [0.25, 0.3) is 0 Å². The molecule has 0 bridgehead atoms. The van der Waals surface area contributed by atoms with E-state index in [4.69, 9.17) is 14.2 Å². The van der Waals surface area contributed by atoms with Gasteiger partial charge in [0.15, 0.2) is 11.5 Å². The van der Waals surface area contributed by atoms with E-state index >= 15 is 0 Å². The van der Waals surface area contributed by atoms with Crippen LogP contribution in [0.1, 0.15) is 38.7 Å². The van der Waals surface area contributed by atoms with Gasteiger partial charge in [-0.15, -0.1) is 12.4 Å². The monoisotopic (exact) mass is 331 g/mol. The Labute approximate surface area is 140 Å². The summed E-state index contributed by atoms with van der Waals surface area (Å²) >= 11 is 0. The molecule has 1 aromatic carbocycles. The second kappa shape index (κ2) is 13.7. The Hall–Kier alpha value is -0.970. The van der Waals surface area contributed by atoms with Gasteiger partial charge in [0.2, 0.25) is 0 Å². The summed E-state index contributed by atoms with van der Waals surface area (Å²) in [4.78, 5) is 0. The summed E-state index contributed by atoms with van der Waals surface area (Å²) in [5.74, 6) is 1.59. The van der Waals surface area contributed by atoms with Crippen molar-refractivity contribution < 1.29 is 14.2 Å². The number of benzene rings is 1. The number of halogens is 1. The molecule has 0 saturated heterocycles. The van der Waals surface area contributed by atoms with Crippen LogP contribution in [0.4, 0.5) is 0 Å². The van der Waals surface area contributed by atoms with Crippen LogP contribution in [0.2, 0.25) is 0 Å². The number of hydrogen-bond acceptors (Lipinski definition) is 4. The van der Waals surface area contributed by atoms with Crippen LogP contribution in [-0.2, 0) is 11.3 Å². The number of ether oxygens (including phenoxy) is 3. The number of methoxy groups -OCH3 is 1. The highest BCUT2D eigenvalue weighted by molar-refractivity contribution is 5.85. The van der Waals surface area contributed by atoms with Gasteiger partial charge in [0, 0.05) is 19.8 Å². The highest BCUT2D eigenvalue weighted by Crippen LogP contribution is 2.27. The van der Waals surface area contributed by atoms with E-state index in [0.717, 1.165) is 50.6 Å². The lowest BCUT2D eigenvalue weighted by Crippen LogP contribution is -2.16. The van der Waals surface area contributed by atoms with Crippen molar-refractivity contribution in [2.45, 2.75) is 39.7 Å². The van der Waals surface area contributed by atoms with E-state index in [1.165, 1.54) is 12.0 Å². The molecule has 0 unspecified atom stereocenters. The van der Waals surface area contributed by atoms with Gasteiger partial charge in [-0.25, -0.2) is 0 Å². The van der Waals surface area contributed by atoms with E-state index in [-0.39, 0.29) is 12.4 Å². The summed E-state index contributed by atoms with van der Waals surface area (Å²) in [5.41, 5.74) is 1.20. The standard InChI is InChI=1S/C17H29NO3.ClH/c1-4-6-11-20-12-7-10-18-14-15-8-9-16(21-5-2)17(13-15)19-3;/h8-9,13,18H,4-7,10-12,14H2,1-3H3;1H. The van der Waals surface area contributed by atoms with Gasteiger partial charge in [-0.05, 0) is 44.0 Å². The third-order valence-corrected chi connectivity index (χ3v) is 3.14. The highest BCUT2D eigenvalue weighted by Gasteiger charge is 2.04. The second-order valence-electron chi connectivity index (χ2n) is 4.91. The predicted octanol–water partition coefficient (Wildman–Crippen LogP) is 3.81. The third kappa shape index (κ3) is 8.47. The van der Waals surface area contributed by atoms with Crippen molar-refractivity contribution in [2.24, 2.45) is 0 Å². The van der Waals surface area contributed by atoms with Crippen molar-refractivity contribution >= 4 is 12.4 Å². The zero-order valence-corrected chi connectivity index (χ0v) is 14.8. The normalized spacial score (nSPS) is 10.1. The van der Waals surface area contributed by atoms with Gasteiger partial charge in [-0.3, -0.25) is 0 Å². The molecule has 0 aliphatic carbocycles. The van der Waals surface area contributed by atoms with Crippen molar-refractivity contribution in [3.63, 3.8) is 0 Å². The van der Waals surface area contributed by atoms with Crippen molar-refractivity contribution in [3.8, 4) is 11.5 Å². The molecule has 1 N–H and O–H groups in total. The summed E-state index contributed by atoms with van der Waals surface area (Å²) in [6.07, 6.45) is 3.38. The molecule has 128 valence electrons. The molecule has 0 radical (unpaired) electrons. The molecule has 22 heavy (non-hydrogen) atoms. The maximum atomic E-state index is 5.53. The Bertz CT molecular complexity index is 388. The lowest BCUT2D eigenvalue weighted by atomic mass is 10.2. The maximum Gasteiger partial charge on any atom is 0.161 e. The Kier molecular flexibility index (Phi) is 13.1. The smallest absolute Gasteiger partial charge is 0.161 e. The molecular weight excluding hydrogens is 302 g/mol. The molecular formula is C17H30ClNO3. The van der Waals surface area contributed by atoms with Crippen LogP contribution in [0.15, 0.2) is 18.2 Å². The topological polar surface area (TPSA) is 39.7 Å². The fourth-order valence-corrected chi connectivity index (χ4v) is 1.98. The fraction of sp³-hybridized carbons (Fsp3) is 0.647. The first-order chi connectivity index (χ1) is 10.3. The molecule has 0 amide bonds. The van der Waals surface area contributed by atoms with Gasteiger partial charge in [0.1, 0.15) is 0 Å². The summed E-state index contributed by atoms with van der Waals surface area (Å²) in [6.45, 7) is 8.30. The van der Waals surface area contributed by atoms with Crippen LogP contribution < -0.4 is 14.8 Å². The summed E-state index contributed by atoms with van der Waals surface area (Å²) < 4.78 is 16.4. The van der Waals surface area contributed by atoms with Crippen molar-refractivity contribution in [2.75, 3.05) is 33.5 Å². The maximum absolute atomic E-state index is 5.53. The molecule has 0 heterocycles. The first-order valence-electron chi connectivity index (χ1n) is 7.90. The Balaban J connectivity index is 0.00000441. The summed E-state index contributed by atoms with van der Waals surface area (Å²) in [7, 11) is 1.67. The van der Waals surface area contributed by atoms with Crippen molar-refractivity contribution in [1.29, 1.82) is 0 Å². The van der Waals surface area contributed by atoms with Crippen LogP contribution in [-0.4, -0.2) is 33.5 Å². The molecule has 0 aliphatic heterocycles. The minimum Gasteiger partial charge on any atom is -0.493 e. The molecule has 0 atom stereocenters. The Morgan fingerprint density at radius 3 is 2.50 bits per heavy atom. The van der Waals surface area contributed by atoms with Crippen LogP contribution in [0, 0.1) is 0 Å². The van der Waals surface area contributed by atoms with Gasteiger partial charge >= 0.3 is 0 Å². The SMILES string of the molecule is CCCCOCCCNCc1ccc(OCC)c(OC)c1.Cl. The molecule has 0 saturated carbocycles. The van der Waals surface area contributed by atoms with Crippen molar-refractivity contribution in [3.05, 3.63) is 23.8 Å². The average molecular weight is 332 g/mol. The predicted molar refractivity (Wildman–Crippen MR) is 93.5 cm³/mol. The van der Waals surface area contributed by atoms with Crippen LogP contribution in [0.3, 0.4) is 0 Å². The zero-order chi connectivity index (χ0) is 15.3. The number of rotatable bonds is 12. The molecule has 1 rings (SSSR count). The Morgan fingerprint density at radius 1 is 1.05 bits per heavy atom. The highest BCUT2D eigenvalue weighted by atomic mass is 35.5. The Morgan fingerprint density at radius 2 is 1.82 bits per heavy atom. The molecule has 5 heteroatoms.